The van der Waals surface area contributed by atoms with Crippen LogP contribution in [0, 0.1) is 11.8 Å². The van der Waals surface area contributed by atoms with Crippen LogP contribution >= 0.6 is 0 Å². The molecule has 0 radical (unpaired) electrons. The van der Waals surface area contributed by atoms with Gasteiger partial charge in [-0.05, 0) is 31.6 Å². The highest BCUT2D eigenvalue weighted by molar-refractivity contribution is 4.97. The molecule has 3 nitrogen and oxygen atoms in total. The number of aliphatic hydroxyl groups is 1. The number of aliphatic hydroxyl groups excluding tert-OH is 1. The molecule has 3 heteroatoms. The molecule has 0 amide bonds. The molecule has 1 aliphatic heterocycles. The van der Waals surface area contributed by atoms with Crippen molar-refractivity contribution in [1.82, 2.24) is 0 Å². The maximum atomic E-state index is 10.1. The van der Waals surface area contributed by atoms with Gasteiger partial charge >= 0.3 is 0 Å². The predicted molar refractivity (Wildman–Crippen MR) is 55.3 cm³/mol. The summed E-state index contributed by atoms with van der Waals surface area (Å²) in [5.41, 5.74) is 0. The highest BCUT2D eigenvalue weighted by atomic mass is 16.7. The molecule has 3 fully saturated rings. The van der Waals surface area contributed by atoms with Gasteiger partial charge in [0.05, 0.1) is 19.3 Å². The van der Waals surface area contributed by atoms with Crippen LogP contribution in [0.4, 0.5) is 0 Å². The van der Waals surface area contributed by atoms with Crippen LogP contribution in [-0.2, 0) is 9.47 Å². The second-order valence-electron chi connectivity index (χ2n) is 5.19. The summed E-state index contributed by atoms with van der Waals surface area (Å²) in [5, 5.41) is 10.1. The van der Waals surface area contributed by atoms with Crippen molar-refractivity contribution >= 4 is 0 Å². The van der Waals surface area contributed by atoms with Gasteiger partial charge in [-0.15, -0.1) is 0 Å². The van der Waals surface area contributed by atoms with Gasteiger partial charge in [0.15, 0.2) is 5.79 Å². The van der Waals surface area contributed by atoms with Crippen LogP contribution < -0.4 is 0 Å². The predicted octanol–water partition coefficient (Wildman–Crippen LogP) is 1.69. The molecular formula is C12H20O3. The van der Waals surface area contributed by atoms with E-state index >= 15 is 0 Å². The van der Waals surface area contributed by atoms with Gasteiger partial charge in [0.1, 0.15) is 0 Å². The van der Waals surface area contributed by atoms with Crippen molar-refractivity contribution in [3.63, 3.8) is 0 Å². The van der Waals surface area contributed by atoms with Gasteiger partial charge in [0, 0.05) is 12.3 Å². The van der Waals surface area contributed by atoms with E-state index in [1.165, 1.54) is 19.3 Å². The third-order valence-electron chi connectivity index (χ3n) is 4.39. The van der Waals surface area contributed by atoms with Crippen LogP contribution in [0.15, 0.2) is 0 Å². The summed E-state index contributed by atoms with van der Waals surface area (Å²) in [6.07, 6.45) is 6.55. The number of ether oxygens (including phenoxy) is 2. The fraction of sp³-hybridized carbons (Fsp3) is 1.00. The number of hydrogen-bond donors (Lipinski definition) is 1. The van der Waals surface area contributed by atoms with Gasteiger partial charge in [0.2, 0.25) is 0 Å². The van der Waals surface area contributed by atoms with Gasteiger partial charge in [-0.2, -0.15) is 0 Å². The lowest BCUT2D eigenvalue weighted by Gasteiger charge is -2.36. The monoisotopic (exact) mass is 212 g/mol. The normalized spacial score (nSPS) is 44.2. The lowest BCUT2D eigenvalue weighted by Crippen LogP contribution is -2.45. The molecule has 1 N–H and O–H groups in total. The average Bonchev–Trinajstić information content (AvgIpc) is 2.76. The van der Waals surface area contributed by atoms with Crippen LogP contribution in [0.5, 0.6) is 0 Å². The van der Waals surface area contributed by atoms with Crippen molar-refractivity contribution < 1.29 is 14.6 Å². The summed E-state index contributed by atoms with van der Waals surface area (Å²) in [4.78, 5) is 0. The Balaban J connectivity index is 1.90. The molecule has 1 heterocycles. The Labute approximate surface area is 90.8 Å². The van der Waals surface area contributed by atoms with E-state index in [9.17, 15) is 5.11 Å². The molecule has 1 saturated heterocycles. The van der Waals surface area contributed by atoms with Crippen LogP contribution in [0.2, 0.25) is 0 Å². The fourth-order valence-electron chi connectivity index (χ4n) is 3.79. The second kappa shape index (κ2) is 3.72. The van der Waals surface area contributed by atoms with Crippen molar-refractivity contribution in [3.05, 3.63) is 0 Å². The summed E-state index contributed by atoms with van der Waals surface area (Å²) < 4.78 is 11.7. The maximum Gasteiger partial charge on any atom is 0.174 e. The first-order valence-electron chi connectivity index (χ1n) is 6.28. The van der Waals surface area contributed by atoms with Crippen molar-refractivity contribution in [3.8, 4) is 0 Å². The summed E-state index contributed by atoms with van der Waals surface area (Å²) in [6.45, 7) is 1.41. The lowest BCUT2D eigenvalue weighted by atomic mass is 9.85. The minimum atomic E-state index is -0.420. The Bertz CT molecular complexity index is 235. The molecule has 1 spiro atoms. The van der Waals surface area contributed by atoms with E-state index in [2.05, 4.69) is 0 Å². The first-order valence-corrected chi connectivity index (χ1v) is 6.28. The van der Waals surface area contributed by atoms with E-state index in [0.29, 0.717) is 19.1 Å². The topological polar surface area (TPSA) is 38.7 Å². The zero-order chi connectivity index (χ0) is 10.3. The minimum Gasteiger partial charge on any atom is -0.393 e. The first kappa shape index (κ1) is 10.1. The van der Waals surface area contributed by atoms with E-state index in [4.69, 9.17) is 9.47 Å². The highest BCUT2D eigenvalue weighted by Crippen LogP contribution is 2.49. The van der Waals surface area contributed by atoms with Crippen molar-refractivity contribution in [2.24, 2.45) is 11.8 Å². The Morgan fingerprint density at radius 1 is 1.00 bits per heavy atom. The number of hydrogen-bond acceptors (Lipinski definition) is 3. The summed E-state index contributed by atoms with van der Waals surface area (Å²) in [5.74, 6) is 0.444. The van der Waals surface area contributed by atoms with E-state index in [0.717, 1.165) is 19.3 Å². The largest absolute Gasteiger partial charge is 0.393 e. The summed E-state index contributed by atoms with van der Waals surface area (Å²) >= 11 is 0. The molecule has 0 aromatic rings. The molecule has 3 rings (SSSR count). The molecule has 15 heavy (non-hydrogen) atoms. The Morgan fingerprint density at radius 3 is 2.60 bits per heavy atom. The van der Waals surface area contributed by atoms with Crippen molar-refractivity contribution in [2.75, 3.05) is 13.2 Å². The SMILES string of the molecule is O[C@@H]1CC[C@@H]2CCCCC3(OCCO3)[C@H]21. The van der Waals surface area contributed by atoms with Gasteiger partial charge in [-0.25, -0.2) is 0 Å². The Kier molecular flexibility index (Phi) is 2.49. The van der Waals surface area contributed by atoms with E-state index in [-0.39, 0.29) is 12.0 Å². The van der Waals surface area contributed by atoms with Gasteiger partial charge in [0.25, 0.3) is 0 Å². The van der Waals surface area contributed by atoms with Crippen molar-refractivity contribution in [2.45, 2.75) is 50.4 Å². The van der Waals surface area contributed by atoms with Gasteiger partial charge in [-0.3, -0.25) is 0 Å². The Hall–Kier alpha value is -0.120. The third kappa shape index (κ3) is 1.52. The van der Waals surface area contributed by atoms with Crippen LogP contribution in [0.1, 0.15) is 38.5 Å². The quantitative estimate of drug-likeness (QED) is 0.664. The smallest absolute Gasteiger partial charge is 0.174 e. The van der Waals surface area contributed by atoms with Crippen LogP contribution in [-0.4, -0.2) is 30.2 Å². The highest BCUT2D eigenvalue weighted by Gasteiger charge is 2.53. The maximum absolute atomic E-state index is 10.1. The first-order chi connectivity index (χ1) is 7.32. The summed E-state index contributed by atoms with van der Waals surface area (Å²) in [7, 11) is 0. The molecule has 2 saturated carbocycles. The lowest BCUT2D eigenvalue weighted by molar-refractivity contribution is -0.220. The second-order valence-corrected chi connectivity index (χ2v) is 5.19. The van der Waals surface area contributed by atoms with Crippen LogP contribution in [0.25, 0.3) is 0 Å². The van der Waals surface area contributed by atoms with Gasteiger partial charge in [-0.1, -0.05) is 6.42 Å². The summed E-state index contributed by atoms with van der Waals surface area (Å²) in [6, 6.07) is 0. The van der Waals surface area contributed by atoms with Gasteiger partial charge < -0.3 is 14.6 Å². The van der Waals surface area contributed by atoms with E-state index in [1.54, 1.807) is 0 Å². The Morgan fingerprint density at radius 2 is 1.80 bits per heavy atom. The molecule has 3 aliphatic rings. The van der Waals surface area contributed by atoms with E-state index in [1.807, 2.05) is 0 Å². The third-order valence-corrected chi connectivity index (χ3v) is 4.39. The fourth-order valence-corrected chi connectivity index (χ4v) is 3.79. The van der Waals surface area contributed by atoms with Crippen LogP contribution in [0.3, 0.4) is 0 Å². The zero-order valence-corrected chi connectivity index (χ0v) is 9.15. The molecule has 0 aromatic carbocycles. The number of rotatable bonds is 0. The zero-order valence-electron chi connectivity index (χ0n) is 9.15. The molecule has 0 bridgehead atoms. The molecule has 86 valence electrons. The van der Waals surface area contributed by atoms with E-state index < -0.39 is 5.79 Å². The molecular weight excluding hydrogens is 192 g/mol. The van der Waals surface area contributed by atoms with Crippen molar-refractivity contribution in [1.29, 1.82) is 0 Å². The number of fused-ring (bicyclic) bond motifs is 2. The molecule has 0 aromatic heterocycles. The standard InChI is InChI=1S/C12H20O3/c13-10-5-4-9-3-1-2-6-12(11(9)10)14-7-8-15-12/h9-11,13H,1-8H2/t9-,10+,11+/m0/s1. The average molecular weight is 212 g/mol. The molecule has 2 aliphatic carbocycles. The minimum absolute atomic E-state index is 0.203. The molecule has 3 atom stereocenters. The molecule has 0 unspecified atom stereocenters.